The number of carbonyl (C=O) groups excluding carboxylic acids is 2. The number of anilines is 1. The van der Waals surface area contributed by atoms with Gasteiger partial charge in [0.1, 0.15) is 12.2 Å². The maximum atomic E-state index is 11.8. The number of hydrogen-bond acceptors (Lipinski definition) is 6. The van der Waals surface area contributed by atoms with Gasteiger partial charge in [0, 0.05) is 23.6 Å². The topological polar surface area (TPSA) is 136 Å². The highest BCUT2D eigenvalue weighted by atomic mass is 16.6. The molecule has 3 N–H and O–H groups in total. The number of nitrogens with one attached hydrogen (secondary N) is 3. The van der Waals surface area contributed by atoms with Crippen LogP contribution in [0, 0.1) is 10.1 Å². The van der Waals surface area contributed by atoms with Gasteiger partial charge in [-0.1, -0.05) is 18.2 Å². The zero-order chi connectivity index (χ0) is 19.2. The molecule has 10 heteroatoms. The van der Waals surface area contributed by atoms with E-state index in [2.05, 4.69) is 16.2 Å². The van der Waals surface area contributed by atoms with Gasteiger partial charge in [0.2, 0.25) is 5.88 Å². The van der Waals surface area contributed by atoms with E-state index in [1.165, 1.54) is 24.3 Å². The Hall–Kier alpha value is -4.08. The summed E-state index contributed by atoms with van der Waals surface area (Å²) in [7, 11) is 0. The first-order valence-corrected chi connectivity index (χ1v) is 7.73. The molecule has 0 saturated heterocycles. The Labute approximate surface area is 152 Å². The van der Waals surface area contributed by atoms with Crippen molar-refractivity contribution >= 4 is 34.7 Å². The van der Waals surface area contributed by atoms with Crippen LogP contribution >= 0.6 is 0 Å². The Morgan fingerprint density at radius 2 is 1.81 bits per heavy atom. The van der Waals surface area contributed by atoms with Crippen molar-refractivity contribution in [3.05, 3.63) is 70.3 Å². The fourth-order valence-electron chi connectivity index (χ4n) is 2.19. The van der Waals surface area contributed by atoms with Crippen molar-refractivity contribution in [1.82, 2.24) is 10.9 Å². The summed E-state index contributed by atoms with van der Waals surface area (Å²) < 4.78 is 10.3. The lowest BCUT2D eigenvalue weighted by atomic mass is 10.2. The normalized spacial score (nSPS) is 10.2. The summed E-state index contributed by atoms with van der Waals surface area (Å²) in [6.45, 7) is -0.114. The summed E-state index contributed by atoms with van der Waals surface area (Å²) in [4.78, 5) is 33.4. The number of nitrogens with zero attached hydrogens (tertiary/aromatic N) is 1. The van der Waals surface area contributed by atoms with Crippen molar-refractivity contribution in [2.75, 3.05) is 5.32 Å². The van der Waals surface area contributed by atoms with E-state index in [0.717, 1.165) is 5.39 Å². The Balaban J connectivity index is 1.42. The summed E-state index contributed by atoms with van der Waals surface area (Å²) in [6, 6.07) is 13.7. The third-order valence-electron chi connectivity index (χ3n) is 3.46. The summed E-state index contributed by atoms with van der Waals surface area (Å²) in [5, 5.41) is 13.8. The second kappa shape index (κ2) is 7.87. The van der Waals surface area contributed by atoms with E-state index >= 15 is 0 Å². The van der Waals surface area contributed by atoms with Crippen LogP contribution in [0.2, 0.25) is 0 Å². The summed E-state index contributed by atoms with van der Waals surface area (Å²) in [5.74, 6) is 0.217. The standard InChI is InChI=1S/C17H14N4O6/c22-16(18-15-9-12-3-1-2-4-14(12)27-15)19-20-17(23)26-10-11-5-7-13(8-6-11)21(24)25/h1-9H,10H2,(H,20,23)(H2,18,19,22). The van der Waals surface area contributed by atoms with Gasteiger partial charge in [-0.15, -0.1) is 0 Å². The number of hydrogen-bond donors (Lipinski definition) is 3. The molecule has 3 rings (SSSR count). The van der Waals surface area contributed by atoms with Crippen LogP contribution in [0.1, 0.15) is 5.56 Å². The quantitative estimate of drug-likeness (QED) is 0.476. The molecule has 0 unspecified atom stereocenters. The lowest BCUT2D eigenvalue weighted by molar-refractivity contribution is -0.384. The highest BCUT2D eigenvalue weighted by Crippen LogP contribution is 2.22. The first kappa shape index (κ1) is 17.7. The zero-order valence-corrected chi connectivity index (χ0v) is 13.8. The van der Waals surface area contributed by atoms with E-state index in [4.69, 9.17) is 9.15 Å². The molecule has 10 nitrogen and oxygen atoms in total. The zero-order valence-electron chi connectivity index (χ0n) is 13.8. The minimum Gasteiger partial charge on any atom is -0.443 e. The number of rotatable bonds is 4. The number of ether oxygens (including phenoxy) is 1. The first-order valence-electron chi connectivity index (χ1n) is 7.73. The Morgan fingerprint density at radius 1 is 1.07 bits per heavy atom. The minimum absolute atomic E-state index is 0.0628. The van der Waals surface area contributed by atoms with Gasteiger partial charge in [-0.3, -0.25) is 15.4 Å². The molecule has 1 aromatic heterocycles. The molecule has 0 aliphatic heterocycles. The van der Waals surface area contributed by atoms with Crippen LogP contribution in [0.4, 0.5) is 21.2 Å². The molecule has 27 heavy (non-hydrogen) atoms. The van der Waals surface area contributed by atoms with Gasteiger partial charge in [-0.25, -0.2) is 20.4 Å². The van der Waals surface area contributed by atoms with Crippen LogP contribution < -0.4 is 16.2 Å². The largest absolute Gasteiger partial charge is 0.443 e. The molecule has 3 aromatic rings. The molecule has 0 bridgehead atoms. The molecule has 2 aromatic carbocycles. The summed E-state index contributed by atoms with van der Waals surface area (Å²) >= 11 is 0. The number of amides is 3. The molecule has 0 fully saturated rings. The lowest BCUT2D eigenvalue weighted by Gasteiger charge is -2.08. The number of urea groups is 1. The van der Waals surface area contributed by atoms with Crippen LogP contribution in [-0.2, 0) is 11.3 Å². The van der Waals surface area contributed by atoms with Crippen molar-refractivity contribution < 1.29 is 23.7 Å². The van der Waals surface area contributed by atoms with Crippen molar-refractivity contribution in [3.8, 4) is 0 Å². The molecule has 0 spiro atoms. The molecule has 3 amide bonds. The molecule has 0 atom stereocenters. The van der Waals surface area contributed by atoms with Gasteiger partial charge in [0.05, 0.1) is 4.92 Å². The van der Waals surface area contributed by atoms with Crippen LogP contribution in [0.3, 0.4) is 0 Å². The number of fused-ring (bicyclic) bond motifs is 1. The number of hydrazine groups is 1. The average molecular weight is 370 g/mol. The average Bonchev–Trinajstić information content (AvgIpc) is 3.07. The molecule has 0 aliphatic carbocycles. The molecule has 0 radical (unpaired) electrons. The number of nitro benzene ring substituents is 1. The fourth-order valence-corrected chi connectivity index (χ4v) is 2.19. The Bertz CT molecular complexity index is 950. The van der Waals surface area contributed by atoms with Crippen LogP contribution in [0.15, 0.2) is 59.0 Å². The second-order valence-electron chi connectivity index (χ2n) is 5.35. The molecule has 0 saturated carbocycles. The van der Waals surface area contributed by atoms with E-state index in [1.807, 2.05) is 12.1 Å². The maximum absolute atomic E-state index is 11.8. The Kier molecular flexibility index (Phi) is 5.17. The van der Waals surface area contributed by atoms with E-state index < -0.39 is 17.0 Å². The van der Waals surface area contributed by atoms with Crippen molar-refractivity contribution in [3.63, 3.8) is 0 Å². The number of para-hydroxylation sites is 1. The summed E-state index contributed by atoms with van der Waals surface area (Å²) in [5.41, 5.74) is 5.28. The van der Waals surface area contributed by atoms with Gasteiger partial charge in [-0.05, 0) is 23.8 Å². The van der Waals surface area contributed by atoms with Gasteiger partial charge in [0.15, 0.2) is 0 Å². The van der Waals surface area contributed by atoms with Crippen LogP contribution in [0.5, 0.6) is 0 Å². The van der Waals surface area contributed by atoms with Gasteiger partial charge in [-0.2, -0.15) is 0 Å². The number of carbonyl (C=O) groups is 2. The molecule has 138 valence electrons. The van der Waals surface area contributed by atoms with Gasteiger partial charge < -0.3 is 9.15 Å². The second-order valence-corrected chi connectivity index (χ2v) is 5.35. The molecule has 1 heterocycles. The third-order valence-corrected chi connectivity index (χ3v) is 3.46. The SMILES string of the molecule is O=C(NNC(=O)OCc1ccc([N+](=O)[O-])cc1)Nc1cc2ccccc2o1. The number of benzene rings is 2. The number of furan rings is 1. The third kappa shape index (κ3) is 4.72. The maximum Gasteiger partial charge on any atom is 0.426 e. The predicted octanol–water partition coefficient (Wildman–Crippen LogP) is 3.30. The number of nitro groups is 1. The Morgan fingerprint density at radius 3 is 2.52 bits per heavy atom. The predicted molar refractivity (Wildman–Crippen MR) is 94.8 cm³/mol. The van der Waals surface area contributed by atoms with Crippen LogP contribution in [0.25, 0.3) is 11.0 Å². The smallest absolute Gasteiger partial charge is 0.426 e. The highest BCUT2D eigenvalue weighted by molar-refractivity contribution is 5.91. The lowest BCUT2D eigenvalue weighted by Crippen LogP contribution is -2.44. The number of non-ortho nitro benzene ring substituents is 1. The molecular formula is C17H14N4O6. The highest BCUT2D eigenvalue weighted by Gasteiger charge is 2.10. The fraction of sp³-hybridized carbons (Fsp3) is 0.0588. The molecular weight excluding hydrogens is 356 g/mol. The van der Waals surface area contributed by atoms with E-state index in [9.17, 15) is 19.7 Å². The van der Waals surface area contributed by atoms with Crippen molar-refractivity contribution in [2.45, 2.75) is 6.61 Å². The van der Waals surface area contributed by atoms with E-state index in [0.29, 0.717) is 11.1 Å². The molecule has 0 aliphatic rings. The van der Waals surface area contributed by atoms with E-state index in [-0.39, 0.29) is 18.2 Å². The van der Waals surface area contributed by atoms with Gasteiger partial charge in [0.25, 0.3) is 5.69 Å². The minimum atomic E-state index is -0.895. The van der Waals surface area contributed by atoms with Crippen LogP contribution in [-0.4, -0.2) is 17.0 Å². The summed E-state index contributed by atoms with van der Waals surface area (Å²) in [6.07, 6.45) is -0.895. The monoisotopic (exact) mass is 370 g/mol. The van der Waals surface area contributed by atoms with Gasteiger partial charge >= 0.3 is 12.1 Å². The first-order chi connectivity index (χ1) is 13.0. The van der Waals surface area contributed by atoms with E-state index in [1.54, 1.807) is 18.2 Å². The van der Waals surface area contributed by atoms with Crippen molar-refractivity contribution in [2.24, 2.45) is 0 Å². The van der Waals surface area contributed by atoms with Crippen molar-refractivity contribution in [1.29, 1.82) is 0 Å².